The lowest BCUT2D eigenvalue weighted by molar-refractivity contribution is -0.146. The van der Waals surface area contributed by atoms with Crippen LogP contribution in [0.3, 0.4) is 0 Å². The number of rotatable bonds is 14. The normalized spacial score (nSPS) is 19.5. The lowest BCUT2D eigenvalue weighted by Gasteiger charge is -2.36. The molecule has 0 bridgehead atoms. The van der Waals surface area contributed by atoms with E-state index in [4.69, 9.17) is 18.9 Å². The molecule has 1 aliphatic carbocycles. The second-order valence-corrected chi connectivity index (χ2v) is 15.0. The Balaban J connectivity index is 1.15. The zero-order chi connectivity index (χ0) is 39.6. The molecule has 3 saturated heterocycles. The van der Waals surface area contributed by atoms with E-state index in [1.54, 1.807) is 28.9 Å². The number of ether oxygens (including phenoxy) is 4. The van der Waals surface area contributed by atoms with Crippen LogP contribution in [0.25, 0.3) is 10.9 Å². The number of likely N-dealkylation sites (tertiary alicyclic amines) is 1. The number of fused-ring (bicyclic) bond motifs is 1. The van der Waals surface area contributed by atoms with Crippen LogP contribution in [0.15, 0.2) is 24.3 Å². The van der Waals surface area contributed by atoms with Gasteiger partial charge < -0.3 is 44.3 Å². The Labute approximate surface area is 326 Å². The largest absolute Gasteiger partial charge is 0.483 e. The zero-order valence-electron chi connectivity index (χ0n) is 32.4. The third kappa shape index (κ3) is 10.4. The van der Waals surface area contributed by atoms with Crippen molar-refractivity contribution in [2.75, 3.05) is 65.8 Å². The van der Waals surface area contributed by atoms with E-state index in [1.807, 2.05) is 13.0 Å². The maximum atomic E-state index is 14.0. The van der Waals surface area contributed by atoms with Gasteiger partial charge in [-0.25, -0.2) is 9.78 Å². The van der Waals surface area contributed by atoms with Gasteiger partial charge in [-0.05, 0) is 88.8 Å². The van der Waals surface area contributed by atoms with Gasteiger partial charge in [0.1, 0.15) is 23.5 Å². The Bertz CT molecular complexity index is 1750. The number of aryl methyl sites for hydroxylation is 1. The van der Waals surface area contributed by atoms with Gasteiger partial charge in [0, 0.05) is 69.9 Å². The van der Waals surface area contributed by atoms with Crippen molar-refractivity contribution in [3.05, 3.63) is 35.5 Å². The van der Waals surface area contributed by atoms with E-state index in [0.29, 0.717) is 43.5 Å². The third-order valence-electron chi connectivity index (χ3n) is 11.0. The molecular weight excluding hydrogens is 724 g/mol. The molecular formula is C40H54N6O10. The molecule has 56 heavy (non-hydrogen) atoms. The number of benzene rings is 1. The van der Waals surface area contributed by atoms with Crippen LogP contribution in [0, 0.1) is 12.8 Å². The van der Waals surface area contributed by atoms with Crippen LogP contribution < -0.4 is 15.4 Å². The topological polar surface area (TPSA) is 186 Å². The van der Waals surface area contributed by atoms with Crippen LogP contribution in [0.4, 0.5) is 4.79 Å². The molecule has 4 aliphatic rings. The average molecular weight is 779 g/mol. The first-order valence-electron chi connectivity index (χ1n) is 20.0. The Kier molecular flexibility index (Phi) is 14.0. The lowest BCUT2D eigenvalue weighted by atomic mass is 9.93. The standard InChI is InChI=1S/C40H54N6O10/c1-3-54-40(52)45-18-16-44(17-19-45)39(51)30(11-12-36(48)56-24-27-13-20-53-21-14-27)43-37(49)32-23-34(29-10-9-26(2)22-31(29)42-32)55-25-35(47)46-15-5-8-33(46)38(50)41-28-6-4-7-28/h9-10,22-23,27-28,30,33H,3-8,11-21,24-25H2,1-2H3,(H,41,50)(H,43,49)/t30-,33-/m0/s1. The van der Waals surface area contributed by atoms with Crippen molar-refractivity contribution < 1.29 is 47.7 Å². The van der Waals surface area contributed by atoms with Crippen LogP contribution in [0.5, 0.6) is 5.75 Å². The Morgan fingerprint density at radius 1 is 0.911 bits per heavy atom. The molecule has 4 heterocycles. The summed E-state index contributed by atoms with van der Waals surface area (Å²) in [6.07, 6.45) is 5.30. The van der Waals surface area contributed by atoms with E-state index in [-0.39, 0.29) is 94.1 Å². The van der Waals surface area contributed by atoms with Crippen molar-refractivity contribution in [1.29, 1.82) is 0 Å². The number of amides is 5. The molecule has 0 spiro atoms. The summed E-state index contributed by atoms with van der Waals surface area (Å²) in [5, 5.41) is 6.44. The highest BCUT2D eigenvalue weighted by Gasteiger charge is 2.36. The molecule has 3 aliphatic heterocycles. The van der Waals surface area contributed by atoms with Gasteiger partial charge in [0.2, 0.25) is 11.8 Å². The number of carbonyl (C=O) groups excluding carboxylic acids is 6. The van der Waals surface area contributed by atoms with Crippen molar-refractivity contribution in [2.24, 2.45) is 5.92 Å². The monoisotopic (exact) mass is 778 g/mol. The minimum Gasteiger partial charge on any atom is -0.483 e. The van der Waals surface area contributed by atoms with E-state index in [1.165, 1.54) is 11.0 Å². The quantitative estimate of drug-likeness (QED) is 0.269. The number of nitrogens with one attached hydrogen (secondary N) is 2. The lowest BCUT2D eigenvalue weighted by Crippen LogP contribution is -2.56. The second-order valence-electron chi connectivity index (χ2n) is 15.0. The predicted octanol–water partition coefficient (Wildman–Crippen LogP) is 2.73. The fourth-order valence-electron chi connectivity index (χ4n) is 7.44. The molecule has 16 nitrogen and oxygen atoms in total. The summed E-state index contributed by atoms with van der Waals surface area (Å²) in [4.78, 5) is 88.7. The smallest absolute Gasteiger partial charge is 0.409 e. The van der Waals surface area contributed by atoms with E-state index in [0.717, 1.165) is 37.7 Å². The molecule has 1 saturated carbocycles. The van der Waals surface area contributed by atoms with E-state index in [2.05, 4.69) is 15.6 Å². The molecule has 304 valence electrons. The molecule has 1 aromatic carbocycles. The molecule has 0 radical (unpaired) electrons. The van der Waals surface area contributed by atoms with Crippen molar-refractivity contribution in [1.82, 2.24) is 30.3 Å². The molecule has 2 atom stereocenters. The number of carbonyl (C=O) groups is 6. The summed E-state index contributed by atoms with van der Waals surface area (Å²) in [5.74, 6) is -1.56. The first-order chi connectivity index (χ1) is 27.1. The van der Waals surface area contributed by atoms with Gasteiger partial charge in [-0.1, -0.05) is 6.07 Å². The fraction of sp³-hybridized carbons (Fsp3) is 0.625. The van der Waals surface area contributed by atoms with Crippen molar-refractivity contribution >= 4 is 46.6 Å². The third-order valence-corrected chi connectivity index (χ3v) is 11.0. The molecule has 0 unspecified atom stereocenters. The average Bonchev–Trinajstić information content (AvgIpc) is 3.69. The maximum absolute atomic E-state index is 14.0. The van der Waals surface area contributed by atoms with Crippen molar-refractivity contribution in [3.8, 4) is 5.75 Å². The minimum absolute atomic E-state index is 0.0227. The highest BCUT2D eigenvalue weighted by atomic mass is 16.6. The summed E-state index contributed by atoms with van der Waals surface area (Å²) in [5.41, 5.74) is 1.29. The van der Waals surface area contributed by atoms with Crippen LogP contribution in [-0.2, 0) is 33.4 Å². The number of esters is 1. The molecule has 1 aromatic heterocycles. The van der Waals surface area contributed by atoms with Gasteiger partial charge in [-0.15, -0.1) is 0 Å². The molecule has 2 aromatic rings. The summed E-state index contributed by atoms with van der Waals surface area (Å²) in [6, 6.07) is 5.42. The van der Waals surface area contributed by atoms with Crippen molar-refractivity contribution in [3.63, 3.8) is 0 Å². The van der Waals surface area contributed by atoms with E-state index < -0.39 is 36.0 Å². The number of aromatic nitrogens is 1. The Hall–Kier alpha value is -4.99. The van der Waals surface area contributed by atoms with Crippen LogP contribution in [-0.4, -0.2) is 139 Å². The minimum atomic E-state index is -1.11. The summed E-state index contributed by atoms with van der Waals surface area (Å²) in [6.45, 7) is 6.41. The molecule has 2 N–H and O–H groups in total. The van der Waals surface area contributed by atoms with Gasteiger partial charge in [0.15, 0.2) is 6.61 Å². The second kappa shape index (κ2) is 19.2. The first-order valence-corrected chi connectivity index (χ1v) is 20.0. The van der Waals surface area contributed by atoms with Crippen LogP contribution in [0.2, 0.25) is 0 Å². The Morgan fingerprint density at radius 3 is 2.38 bits per heavy atom. The Morgan fingerprint density at radius 2 is 1.66 bits per heavy atom. The first kappa shape index (κ1) is 40.7. The summed E-state index contributed by atoms with van der Waals surface area (Å²) < 4.78 is 22.1. The van der Waals surface area contributed by atoms with E-state index >= 15 is 0 Å². The highest BCUT2D eigenvalue weighted by molar-refractivity contribution is 5.99. The van der Waals surface area contributed by atoms with Gasteiger partial charge in [-0.3, -0.25) is 24.0 Å². The number of pyridine rings is 1. The molecule has 4 fully saturated rings. The number of hydrogen-bond donors (Lipinski definition) is 2. The van der Waals surface area contributed by atoms with Crippen LogP contribution in [0.1, 0.15) is 80.8 Å². The van der Waals surface area contributed by atoms with Gasteiger partial charge in [-0.2, -0.15) is 0 Å². The number of hydrogen-bond acceptors (Lipinski definition) is 11. The predicted molar refractivity (Wildman–Crippen MR) is 203 cm³/mol. The van der Waals surface area contributed by atoms with Gasteiger partial charge >= 0.3 is 12.1 Å². The summed E-state index contributed by atoms with van der Waals surface area (Å²) >= 11 is 0. The van der Waals surface area contributed by atoms with Gasteiger partial charge in [0.05, 0.1) is 18.7 Å². The summed E-state index contributed by atoms with van der Waals surface area (Å²) in [7, 11) is 0. The van der Waals surface area contributed by atoms with E-state index in [9.17, 15) is 28.8 Å². The molecule has 16 heteroatoms. The number of nitrogens with zero attached hydrogens (tertiary/aromatic N) is 4. The SMILES string of the molecule is CCOC(=O)N1CCN(C(=O)[C@H](CCC(=O)OCC2CCOCC2)NC(=O)c2cc(OCC(=O)N3CCC[C@H]3C(=O)NC3CCC3)c3ccc(C)cc3n2)CC1. The molecule has 5 amide bonds. The fourth-order valence-corrected chi connectivity index (χ4v) is 7.44. The number of piperazine rings is 1. The van der Waals surface area contributed by atoms with Crippen LogP contribution >= 0.6 is 0 Å². The zero-order valence-corrected chi connectivity index (χ0v) is 32.4. The van der Waals surface area contributed by atoms with Crippen molar-refractivity contribution in [2.45, 2.75) is 89.8 Å². The highest BCUT2D eigenvalue weighted by Crippen LogP contribution is 2.28. The molecule has 6 rings (SSSR count). The maximum Gasteiger partial charge on any atom is 0.409 e. The van der Waals surface area contributed by atoms with Gasteiger partial charge in [0.25, 0.3) is 11.8 Å².